The Kier molecular flexibility index (Phi) is 5.28. The van der Waals surface area contributed by atoms with Crippen LogP contribution < -0.4 is 5.32 Å². The second kappa shape index (κ2) is 5.70. The molecule has 1 atom stereocenters. The molecule has 0 fully saturated rings. The third-order valence-electron chi connectivity index (χ3n) is 1.97. The topological polar surface area (TPSA) is 75.6 Å². The van der Waals surface area contributed by atoms with Crippen LogP contribution in [0.1, 0.15) is 33.6 Å². The average molecular weight is 217 g/mol. The summed E-state index contributed by atoms with van der Waals surface area (Å²) < 4.78 is 4.39. The van der Waals surface area contributed by atoms with Crippen LogP contribution in [0.15, 0.2) is 0 Å². The van der Waals surface area contributed by atoms with Crippen molar-refractivity contribution in [3.8, 4) is 0 Å². The third-order valence-corrected chi connectivity index (χ3v) is 1.97. The Hall–Kier alpha value is -1.10. The lowest BCUT2D eigenvalue weighted by Crippen LogP contribution is -2.54. The van der Waals surface area contributed by atoms with E-state index in [4.69, 9.17) is 0 Å². The maximum Gasteiger partial charge on any atom is 0.407 e. The van der Waals surface area contributed by atoms with E-state index in [2.05, 4.69) is 10.1 Å². The lowest BCUT2D eigenvalue weighted by molar-refractivity contribution is -0.126. The standard InChI is InChI=1S/C10H19NO4/c1-5-6-7(12)8(10(2,3)14)11-9(13)15-4/h8,14H,5-6H2,1-4H3,(H,11,13)/t8-/m1/s1. The molecular weight excluding hydrogens is 198 g/mol. The summed E-state index contributed by atoms with van der Waals surface area (Å²) in [7, 11) is 1.21. The fraction of sp³-hybridized carbons (Fsp3) is 0.800. The molecule has 0 unspecified atom stereocenters. The summed E-state index contributed by atoms with van der Waals surface area (Å²) in [6, 6.07) is -0.926. The van der Waals surface area contributed by atoms with Gasteiger partial charge >= 0.3 is 6.09 Å². The van der Waals surface area contributed by atoms with Gasteiger partial charge in [-0.2, -0.15) is 0 Å². The highest BCUT2D eigenvalue weighted by Gasteiger charge is 2.34. The second-order valence-electron chi connectivity index (χ2n) is 3.94. The Morgan fingerprint density at radius 2 is 2.00 bits per heavy atom. The molecule has 88 valence electrons. The molecule has 0 aliphatic heterocycles. The number of alkyl carbamates (subject to hydrolysis) is 1. The SMILES string of the molecule is CCCC(=O)[C@@H](NC(=O)OC)C(C)(C)O. The number of carbonyl (C=O) groups excluding carboxylic acids is 2. The zero-order chi connectivity index (χ0) is 12.1. The van der Waals surface area contributed by atoms with Gasteiger partial charge in [-0.25, -0.2) is 4.79 Å². The summed E-state index contributed by atoms with van der Waals surface area (Å²) in [6.45, 7) is 4.81. The number of Topliss-reactive ketones (excluding diaryl/α,β-unsaturated/α-hetero) is 1. The Morgan fingerprint density at radius 1 is 1.47 bits per heavy atom. The molecule has 0 aliphatic carbocycles. The van der Waals surface area contributed by atoms with E-state index in [9.17, 15) is 14.7 Å². The summed E-state index contributed by atoms with van der Waals surface area (Å²) in [6.07, 6.45) is 0.277. The van der Waals surface area contributed by atoms with Gasteiger partial charge in [0.15, 0.2) is 5.78 Å². The van der Waals surface area contributed by atoms with Crippen molar-refractivity contribution in [2.45, 2.75) is 45.3 Å². The molecule has 5 heteroatoms. The Labute approximate surface area is 89.8 Å². The van der Waals surface area contributed by atoms with E-state index >= 15 is 0 Å². The van der Waals surface area contributed by atoms with Crippen molar-refractivity contribution in [2.75, 3.05) is 7.11 Å². The maximum absolute atomic E-state index is 11.6. The summed E-state index contributed by atoms with van der Waals surface area (Å²) >= 11 is 0. The molecule has 0 aromatic heterocycles. The molecule has 15 heavy (non-hydrogen) atoms. The van der Waals surface area contributed by atoms with Crippen LogP contribution in [0.5, 0.6) is 0 Å². The third kappa shape index (κ3) is 4.78. The number of hydrogen-bond donors (Lipinski definition) is 2. The van der Waals surface area contributed by atoms with Gasteiger partial charge in [-0.3, -0.25) is 4.79 Å². The fourth-order valence-corrected chi connectivity index (χ4v) is 1.22. The van der Waals surface area contributed by atoms with Crippen molar-refractivity contribution < 1.29 is 19.4 Å². The first kappa shape index (κ1) is 13.9. The molecule has 0 bridgehead atoms. The van der Waals surface area contributed by atoms with Crippen LogP contribution in [0.3, 0.4) is 0 Å². The van der Waals surface area contributed by atoms with Gasteiger partial charge in [0.25, 0.3) is 0 Å². The summed E-state index contributed by atoms with van der Waals surface area (Å²) in [5.41, 5.74) is -1.29. The molecule has 0 saturated heterocycles. The highest BCUT2D eigenvalue weighted by Crippen LogP contribution is 2.12. The predicted molar refractivity (Wildman–Crippen MR) is 55.5 cm³/mol. The number of methoxy groups -OCH3 is 1. The van der Waals surface area contributed by atoms with Gasteiger partial charge in [0.05, 0.1) is 12.7 Å². The van der Waals surface area contributed by atoms with Gasteiger partial charge in [0.2, 0.25) is 0 Å². The number of aliphatic hydroxyl groups is 1. The van der Waals surface area contributed by atoms with Crippen molar-refractivity contribution >= 4 is 11.9 Å². The van der Waals surface area contributed by atoms with Crippen molar-refractivity contribution in [1.29, 1.82) is 0 Å². The minimum atomic E-state index is -1.29. The number of amides is 1. The first-order chi connectivity index (χ1) is 6.82. The maximum atomic E-state index is 11.6. The number of hydrogen-bond acceptors (Lipinski definition) is 4. The Balaban J connectivity index is 4.59. The number of ether oxygens (including phenoxy) is 1. The minimum Gasteiger partial charge on any atom is -0.453 e. The lowest BCUT2D eigenvalue weighted by atomic mass is 9.93. The van der Waals surface area contributed by atoms with Gasteiger partial charge in [0, 0.05) is 6.42 Å². The van der Waals surface area contributed by atoms with Crippen LogP contribution in [0.2, 0.25) is 0 Å². The molecule has 5 nitrogen and oxygen atoms in total. The van der Waals surface area contributed by atoms with Gasteiger partial charge in [0.1, 0.15) is 6.04 Å². The summed E-state index contributed by atoms with van der Waals surface area (Å²) in [5.74, 6) is -0.199. The molecule has 1 amide bonds. The molecular formula is C10H19NO4. The van der Waals surface area contributed by atoms with Crippen molar-refractivity contribution in [1.82, 2.24) is 5.32 Å². The van der Waals surface area contributed by atoms with Crippen molar-refractivity contribution in [3.05, 3.63) is 0 Å². The summed E-state index contributed by atoms with van der Waals surface area (Å²) in [5, 5.41) is 12.1. The minimum absolute atomic E-state index is 0.199. The van der Waals surface area contributed by atoms with Crippen LogP contribution in [0, 0.1) is 0 Å². The van der Waals surface area contributed by atoms with E-state index in [1.54, 1.807) is 0 Å². The number of ketones is 1. The Bertz CT molecular complexity index is 232. The van der Waals surface area contributed by atoms with E-state index in [1.807, 2.05) is 6.92 Å². The van der Waals surface area contributed by atoms with Crippen LogP contribution >= 0.6 is 0 Å². The lowest BCUT2D eigenvalue weighted by Gasteiger charge is -2.28. The Morgan fingerprint density at radius 3 is 2.33 bits per heavy atom. The molecule has 0 aliphatic rings. The number of carbonyl (C=O) groups is 2. The van der Waals surface area contributed by atoms with Gasteiger partial charge in [-0.15, -0.1) is 0 Å². The first-order valence-electron chi connectivity index (χ1n) is 4.92. The quantitative estimate of drug-likeness (QED) is 0.716. The molecule has 0 aromatic carbocycles. The van der Waals surface area contributed by atoms with E-state index in [0.29, 0.717) is 12.8 Å². The van der Waals surface area contributed by atoms with Crippen molar-refractivity contribution in [3.63, 3.8) is 0 Å². The highest BCUT2D eigenvalue weighted by atomic mass is 16.5. The van der Waals surface area contributed by atoms with E-state index in [1.165, 1.54) is 21.0 Å². The smallest absolute Gasteiger partial charge is 0.407 e. The van der Waals surface area contributed by atoms with Gasteiger partial charge in [-0.05, 0) is 20.3 Å². The van der Waals surface area contributed by atoms with E-state index in [-0.39, 0.29) is 5.78 Å². The number of nitrogens with one attached hydrogen (secondary N) is 1. The largest absolute Gasteiger partial charge is 0.453 e. The van der Waals surface area contributed by atoms with Crippen molar-refractivity contribution in [2.24, 2.45) is 0 Å². The molecule has 0 radical (unpaired) electrons. The normalized spacial score (nSPS) is 13.1. The molecule has 0 spiro atoms. The monoisotopic (exact) mass is 217 g/mol. The van der Waals surface area contributed by atoms with E-state index < -0.39 is 17.7 Å². The van der Waals surface area contributed by atoms with E-state index in [0.717, 1.165) is 0 Å². The zero-order valence-corrected chi connectivity index (χ0v) is 9.66. The fourth-order valence-electron chi connectivity index (χ4n) is 1.22. The van der Waals surface area contributed by atoms with Gasteiger partial charge < -0.3 is 15.2 Å². The first-order valence-corrected chi connectivity index (χ1v) is 4.92. The molecule has 0 saturated carbocycles. The molecule has 2 N–H and O–H groups in total. The second-order valence-corrected chi connectivity index (χ2v) is 3.94. The molecule has 0 heterocycles. The average Bonchev–Trinajstić information content (AvgIpc) is 2.12. The van der Waals surface area contributed by atoms with Crippen LogP contribution in [0.25, 0.3) is 0 Å². The van der Waals surface area contributed by atoms with Gasteiger partial charge in [-0.1, -0.05) is 6.92 Å². The highest BCUT2D eigenvalue weighted by molar-refractivity contribution is 5.88. The van der Waals surface area contributed by atoms with Crippen LogP contribution in [-0.2, 0) is 9.53 Å². The number of rotatable bonds is 5. The summed E-state index contributed by atoms with van der Waals surface area (Å²) in [4.78, 5) is 22.6. The van der Waals surface area contributed by atoms with Crippen LogP contribution in [0.4, 0.5) is 4.79 Å². The van der Waals surface area contributed by atoms with Crippen LogP contribution in [-0.4, -0.2) is 35.7 Å². The zero-order valence-electron chi connectivity index (χ0n) is 9.66. The molecule has 0 aromatic rings. The molecule has 0 rings (SSSR count). The predicted octanol–water partition coefficient (Wildman–Crippen LogP) is 0.851.